The Balaban J connectivity index is 1.86. The number of nitrogens with two attached hydrogens (primary N) is 1. The summed E-state index contributed by atoms with van der Waals surface area (Å²) in [6, 6.07) is 19.0. The molecule has 0 aliphatic carbocycles. The number of carbonyl (C=O) groups is 2. The highest BCUT2D eigenvalue weighted by molar-refractivity contribution is 6.00. The summed E-state index contributed by atoms with van der Waals surface area (Å²) in [5, 5.41) is 11.1. The van der Waals surface area contributed by atoms with Gasteiger partial charge in [0.15, 0.2) is 0 Å². The molecule has 0 heterocycles. The minimum atomic E-state index is -1.05. The number of rotatable bonds is 13. The Morgan fingerprint density at radius 1 is 0.850 bits per heavy atom. The maximum Gasteiger partial charge on any atom is 0.254 e. The molecule has 0 aromatic heterocycles. The Morgan fingerprint density at radius 2 is 1.45 bits per heavy atom. The second-order valence-electron chi connectivity index (χ2n) is 10.6. The average molecular weight is 548 g/mol. The average Bonchev–Trinajstić information content (AvgIpc) is 2.94. The van der Waals surface area contributed by atoms with Crippen molar-refractivity contribution in [1.82, 2.24) is 9.80 Å². The number of hydrogen-bond acceptors (Lipinski definition) is 4. The summed E-state index contributed by atoms with van der Waals surface area (Å²) in [5.41, 5.74) is 10.1. The third-order valence-electron chi connectivity index (χ3n) is 6.96. The normalized spacial score (nSPS) is 12.6. The largest absolute Gasteiger partial charge is 0.390 e. The summed E-state index contributed by atoms with van der Waals surface area (Å²) in [4.78, 5) is 30.6. The summed E-state index contributed by atoms with van der Waals surface area (Å²) < 4.78 is 14.1. The molecule has 7 heteroatoms. The molecule has 0 aliphatic heterocycles. The molecule has 214 valence electrons. The van der Waals surface area contributed by atoms with Crippen LogP contribution in [0.1, 0.15) is 69.7 Å². The van der Waals surface area contributed by atoms with E-state index in [9.17, 15) is 19.1 Å². The number of halogens is 1. The highest BCUT2D eigenvalue weighted by atomic mass is 19.1. The molecule has 2 amide bonds. The number of amides is 2. The van der Waals surface area contributed by atoms with E-state index in [0.717, 1.165) is 24.0 Å². The topological polar surface area (TPSA) is 86.9 Å². The van der Waals surface area contributed by atoms with Gasteiger partial charge in [-0.15, -0.1) is 0 Å². The van der Waals surface area contributed by atoms with Crippen LogP contribution in [0.4, 0.5) is 4.39 Å². The number of hydrogen-bond donors (Lipinski definition) is 2. The first-order chi connectivity index (χ1) is 19.1. The second kappa shape index (κ2) is 14.7. The van der Waals surface area contributed by atoms with Crippen LogP contribution in [0.2, 0.25) is 0 Å². The quantitative estimate of drug-likeness (QED) is 0.305. The standard InChI is InChI=1S/C33H42FN3O3/c1-5-14-36(15-6-2)32(39)27-16-23(3)17-28(20-27)33(40)37(21-25-10-8-7-9-11-25)22-31(38)30(35)19-26-13-12-24(4)29(34)18-26/h7-13,16-18,20,30-31,38H,5-6,14-15,19,21-22,35H2,1-4H3/t30-,31+/m0/s1. The van der Waals surface area contributed by atoms with Crippen LogP contribution in [0.25, 0.3) is 0 Å². The van der Waals surface area contributed by atoms with Crippen molar-refractivity contribution in [2.45, 2.75) is 65.6 Å². The smallest absolute Gasteiger partial charge is 0.254 e. The molecule has 6 nitrogen and oxygen atoms in total. The van der Waals surface area contributed by atoms with Crippen molar-refractivity contribution in [2.24, 2.45) is 5.73 Å². The predicted octanol–water partition coefficient (Wildman–Crippen LogP) is 5.28. The van der Waals surface area contributed by atoms with Crippen LogP contribution < -0.4 is 5.73 Å². The van der Waals surface area contributed by atoms with Crippen LogP contribution >= 0.6 is 0 Å². The first-order valence-electron chi connectivity index (χ1n) is 14.1. The van der Waals surface area contributed by atoms with Crippen LogP contribution in [-0.2, 0) is 13.0 Å². The molecular formula is C33H42FN3O3. The Bertz CT molecular complexity index is 1280. The molecule has 0 spiro atoms. The van der Waals surface area contributed by atoms with Gasteiger partial charge >= 0.3 is 0 Å². The molecule has 40 heavy (non-hydrogen) atoms. The Morgan fingerprint density at radius 3 is 2.02 bits per heavy atom. The van der Waals surface area contributed by atoms with Crippen molar-refractivity contribution in [3.63, 3.8) is 0 Å². The first kappa shape index (κ1) is 31.0. The van der Waals surface area contributed by atoms with Crippen LogP contribution in [-0.4, -0.2) is 58.5 Å². The van der Waals surface area contributed by atoms with Crippen molar-refractivity contribution in [3.8, 4) is 0 Å². The van der Waals surface area contributed by atoms with E-state index in [2.05, 4.69) is 0 Å². The van der Waals surface area contributed by atoms with E-state index >= 15 is 0 Å². The molecule has 0 radical (unpaired) electrons. The first-order valence-corrected chi connectivity index (χ1v) is 14.1. The maximum absolute atomic E-state index is 14.1. The summed E-state index contributed by atoms with van der Waals surface area (Å²) in [7, 11) is 0. The van der Waals surface area contributed by atoms with Gasteiger partial charge in [0.2, 0.25) is 0 Å². The molecule has 0 saturated heterocycles. The van der Waals surface area contributed by atoms with Gasteiger partial charge < -0.3 is 20.6 Å². The molecule has 3 N–H and O–H groups in total. The van der Waals surface area contributed by atoms with Crippen molar-refractivity contribution in [2.75, 3.05) is 19.6 Å². The monoisotopic (exact) mass is 547 g/mol. The number of aliphatic hydroxyl groups is 1. The van der Waals surface area contributed by atoms with Gasteiger partial charge in [-0.2, -0.15) is 0 Å². The van der Waals surface area contributed by atoms with Gasteiger partial charge in [0.05, 0.1) is 6.10 Å². The minimum absolute atomic E-state index is 0.0156. The van der Waals surface area contributed by atoms with Gasteiger partial charge in [-0.05, 0) is 79.6 Å². The SMILES string of the molecule is CCCN(CCC)C(=O)c1cc(C)cc(C(=O)N(Cc2ccccc2)C[C@@H](O)[C@@H](N)Cc2ccc(C)c(F)c2)c1. The Kier molecular flexibility index (Phi) is 11.4. The van der Waals surface area contributed by atoms with Crippen molar-refractivity contribution in [1.29, 1.82) is 0 Å². The molecule has 0 aliphatic rings. The van der Waals surface area contributed by atoms with Gasteiger partial charge in [0.1, 0.15) is 5.82 Å². The van der Waals surface area contributed by atoms with Gasteiger partial charge in [-0.1, -0.05) is 56.3 Å². The van der Waals surface area contributed by atoms with Crippen LogP contribution in [0, 0.1) is 19.7 Å². The van der Waals surface area contributed by atoms with Crippen molar-refractivity contribution >= 4 is 11.8 Å². The zero-order chi connectivity index (χ0) is 29.2. The fraction of sp³-hybridized carbons (Fsp3) is 0.394. The van der Waals surface area contributed by atoms with Gasteiger partial charge in [0, 0.05) is 43.3 Å². The molecule has 0 unspecified atom stereocenters. The highest BCUT2D eigenvalue weighted by Gasteiger charge is 2.25. The lowest BCUT2D eigenvalue weighted by atomic mass is 9.99. The number of carbonyl (C=O) groups excluding carboxylic acids is 2. The Hall–Kier alpha value is -3.55. The molecule has 0 fully saturated rings. The number of nitrogens with zero attached hydrogens (tertiary/aromatic N) is 2. The maximum atomic E-state index is 14.1. The van der Waals surface area contributed by atoms with Gasteiger partial charge in [-0.3, -0.25) is 9.59 Å². The molecule has 2 atom stereocenters. The van der Waals surface area contributed by atoms with Crippen LogP contribution in [0.5, 0.6) is 0 Å². The van der Waals surface area contributed by atoms with E-state index in [1.165, 1.54) is 6.07 Å². The zero-order valence-electron chi connectivity index (χ0n) is 24.1. The zero-order valence-corrected chi connectivity index (χ0v) is 24.1. The van der Waals surface area contributed by atoms with E-state index in [4.69, 9.17) is 5.73 Å². The molecule has 0 saturated carbocycles. The summed E-state index contributed by atoms with van der Waals surface area (Å²) >= 11 is 0. The minimum Gasteiger partial charge on any atom is -0.390 e. The lowest BCUT2D eigenvalue weighted by Gasteiger charge is -2.29. The summed E-state index contributed by atoms with van der Waals surface area (Å²) in [6.07, 6.45) is 0.912. The fourth-order valence-electron chi connectivity index (χ4n) is 4.81. The van der Waals surface area contributed by atoms with E-state index < -0.39 is 12.1 Å². The third kappa shape index (κ3) is 8.47. The number of benzene rings is 3. The van der Waals surface area contributed by atoms with Gasteiger partial charge in [-0.25, -0.2) is 4.39 Å². The second-order valence-corrected chi connectivity index (χ2v) is 10.6. The molecule has 3 rings (SSSR count). The fourth-order valence-corrected chi connectivity index (χ4v) is 4.81. The predicted molar refractivity (Wildman–Crippen MR) is 158 cm³/mol. The van der Waals surface area contributed by atoms with Crippen molar-refractivity contribution < 1.29 is 19.1 Å². The van der Waals surface area contributed by atoms with Crippen molar-refractivity contribution in [3.05, 3.63) is 106 Å². The number of aliphatic hydroxyl groups excluding tert-OH is 1. The molecular weight excluding hydrogens is 505 g/mol. The van der Waals surface area contributed by atoms with E-state index in [-0.39, 0.29) is 37.1 Å². The molecule has 3 aromatic rings. The Labute approximate surface area is 237 Å². The lowest BCUT2D eigenvalue weighted by Crippen LogP contribution is -2.46. The molecule has 3 aromatic carbocycles. The summed E-state index contributed by atoms with van der Waals surface area (Å²) in [5.74, 6) is -0.712. The highest BCUT2D eigenvalue weighted by Crippen LogP contribution is 2.18. The van der Waals surface area contributed by atoms with Crippen LogP contribution in [0.3, 0.4) is 0 Å². The van der Waals surface area contributed by atoms with Gasteiger partial charge in [0.25, 0.3) is 11.8 Å². The van der Waals surface area contributed by atoms with E-state index in [1.807, 2.05) is 62.1 Å². The van der Waals surface area contributed by atoms with E-state index in [0.29, 0.717) is 35.3 Å². The summed E-state index contributed by atoms with van der Waals surface area (Å²) in [6.45, 7) is 9.18. The number of aryl methyl sites for hydroxylation is 2. The van der Waals surface area contributed by atoms with Crippen LogP contribution in [0.15, 0.2) is 66.7 Å². The van der Waals surface area contributed by atoms with E-state index in [1.54, 1.807) is 36.1 Å². The third-order valence-corrected chi connectivity index (χ3v) is 6.96. The lowest BCUT2D eigenvalue weighted by molar-refractivity contribution is 0.0554. The molecule has 0 bridgehead atoms.